The Morgan fingerprint density at radius 3 is 2.18 bits per heavy atom. The number of carbonyl (C=O) groups is 2. The Morgan fingerprint density at radius 2 is 1.61 bits per heavy atom. The number of alkyl carbamates (subject to hydrolysis) is 1. The van der Waals surface area contributed by atoms with Crippen LogP contribution in [0.3, 0.4) is 0 Å². The molecule has 7 heteroatoms. The van der Waals surface area contributed by atoms with Gasteiger partial charge in [0, 0.05) is 12.5 Å². The van der Waals surface area contributed by atoms with Crippen LogP contribution in [0, 0.1) is 0 Å². The number of rotatable bonds is 8. The third-order valence-corrected chi connectivity index (χ3v) is 4.95. The number of hydrogen-bond acceptors (Lipinski definition) is 5. The van der Waals surface area contributed by atoms with E-state index in [1.807, 2.05) is 36.4 Å². The van der Waals surface area contributed by atoms with E-state index in [9.17, 15) is 14.7 Å². The van der Waals surface area contributed by atoms with Crippen LogP contribution in [0.2, 0.25) is 0 Å². The molecule has 28 heavy (non-hydrogen) atoms. The van der Waals surface area contributed by atoms with Crippen LogP contribution >= 0.6 is 0 Å². The number of hydrogen-bond donors (Lipinski definition) is 4. The minimum absolute atomic E-state index is 0.0248. The van der Waals surface area contributed by atoms with Crippen LogP contribution < -0.4 is 11.1 Å². The van der Waals surface area contributed by atoms with Crippen molar-refractivity contribution in [2.24, 2.45) is 5.73 Å². The maximum Gasteiger partial charge on any atom is 0.407 e. The predicted molar refractivity (Wildman–Crippen MR) is 104 cm³/mol. The zero-order valence-electron chi connectivity index (χ0n) is 15.4. The van der Waals surface area contributed by atoms with Crippen molar-refractivity contribution in [1.82, 2.24) is 5.32 Å². The highest BCUT2D eigenvalue weighted by Gasteiger charge is 2.29. The highest BCUT2D eigenvalue weighted by molar-refractivity contribution is 5.79. The summed E-state index contributed by atoms with van der Waals surface area (Å²) in [6.45, 7) is 0.170. The van der Waals surface area contributed by atoms with Gasteiger partial charge in [-0.1, -0.05) is 48.5 Å². The standard InChI is InChI=1S/C21H24N2O5/c22-19(20(25)26)10-9-13(24)11-23-21(27)28-12-18-16-7-3-1-5-14(16)15-6-2-4-8-17(15)18/h1-8,13,18-19,24H,9-12,22H2,(H,23,27)(H,25,26)/t13-,19+/m1/s1. The van der Waals surface area contributed by atoms with Gasteiger partial charge in [-0.25, -0.2) is 4.79 Å². The lowest BCUT2D eigenvalue weighted by molar-refractivity contribution is -0.138. The average molecular weight is 384 g/mol. The zero-order valence-corrected chi connectivity index (χ0v) is 15.4. The van der Waals surface area contributed by atoms with Gasteiger partial charge in [0.05, 0.1) is 6.10 Å². The van der Waals surface area contributed by atoms with Gasteiger partial charge in [-0.2, -0.15) is 0 Å². The molecular formula is C21H24N2O5. The number of aliphatic hydroxyl groups excluding tert-OH is 1. The summed E-state index contributed by atoms with van der Waals surface area (Å²) in [4.78, 5) is 22.7. The molecule has 0 aliphatic heterocycles. The van der Waals surface area contributed by atoms with Gasteiger partial charge in [0.1, 0.15) is 12.6 Å². The number of nitrogens with one attached hydrogen (secondary N) is 1. The van der Waals surface area contributed by atoms with E-state index in [-0.39, 0.29) is 31.9 Å². The Kier molecular flexibility index (Phi) is 6.28. The molecule has 2 atom stereocenters. The second-order valence-corrected chi connectivity index (χ2v) is 6.88. The Balaban J connectivity index is 1.51. The molecule has 0 fully saturated rings. The van der Waals surface area contributed by atoms with Crippen molar-refractivity contribution in [2.75, 3.05) is 13.2 Å². The summed E-state index contributed by atoms with van der Waals surface area (Å²) >= 11 is 0. The van der Waals surface area contributed by atoms with Gasteiger partial charge < -0.3 is 26.0 Å². The maximum absolute atomic E-state index is 12.0. The molecule has 2 aromatic carbocycles. The number of aliphatic carboxylic acids is 1. The van der Waals surface area contributed by atoms with E-state index in [1.165, 1.54) is 0 Å². The second kappa shape index (κ2) is 8.86. The number of nitrogens with two attached hydrogens (primary N) is 1. The van der Waals surface area contributed by atoms with E-state index in [0.717, 1.165) is 22.3 Å². The minimum atomic E-state index is -1.11. The first kappa shape index (κ1) is 19.9. The summed E-state index contributed by atoms with van der Waals surface area (Å²) in [6.07, 6.45) is -1.20. The molecule has 1 aliphatic carbocycles. The van der Waals surface area contributed by atoms with Crippen molar-refractivity contribution in [1.29, 1.82) is 0 Å². The molecule has 7 nitrogen and oxygen atoms in total. The van der Waals surface area contributed by atoms with Gasteiger partial charge in [0.15, 0.2) is 0 Å². The zero-order chi connectivity index (χ0) is 20.1. The summed E-state index contributed by atoms with van der Waals surface area (Å²) in [7, 11) is 0. The first-order valence-electron chi connectivity index (χ1n) is 9.22. The number of ether oxygens (including phenoxy) is 1. The Labute approximate surface area is 163 Å². The van der Waals surface area contributed by atoms with Gasteiger partial charge in [0.2, 0.25) is 0 Å². The fraction of sp³-hybridized carbons (Fsp3) is 0.333. The van der Waals surface area contributed by atoms with E-state index in [2.05, 4.69) is 17.4 Å². The van der Waals surface area contributed by atoms with Crippen molar-refractivity contribution in [2.45, 2.75) is 30.9 Å². The summed E-state index contributed by atoms with van der Waals surface area (Å²) in [5.41, 5.74) is 9.94. The Morgan fingerprint density at radius 1 is 1.04 bits per heavy atom. The third-order valence-electron chi connectivity index (χ3n) is 4.95. The van der Waals surface area contributed by atoms with Gasteiger partial charge in [-0.3, -0.25) is 4.79 Å². The number of carboxylic acids is 1. The van der Waals surface area contributed by atoms with Crippen LogP contribution in [0.15, 0.2) is 48.5 Å². The predicted octanol–water partition coefficient (Wildman–Crippen LogP) is 2.08. The summed E-state index contributed by atoms with van der Waals surface area (Å²) in [6, 6.07) is 15.1. The molecule has 148 valence electrons. The maximum atomic E-state index is 12.0. The Hall–Kier alpha value is -2.90. The van der Waals surface area contributed by atoms with E-state index < -0.39 is 24.2 Å². The van der Waals surface area contributed by atoms with Crippen molar-refractivity contribution >= 4 is 12.1 Å². The molecule has 0 spiro atoms. The molecule has 0 bridgehead atoms. The summed E-state index contributed by atoms with van der Waals surface area (Å²) in [5, 5.41) is 21.1. The topological polar surface area (TPSA) is 122 Å². The molecule has 0 heterocycles. The highest BCUT2D eigenvalue weighted by atomic mass is 16.5. The molecule has 2 aromatic rings. The molecule has 1 aliphatic rings. The molecule has 0 saturated carbocycles. The number of aliphatic hydroxyl groups is 1. The largest absolute Gasteiger partial charge is 0.480 e. The van der Waals surface area contributed by atoms with E-state index in [0.29, 0.717) is 0 Å². The van der Waals surface area contributed by atoms with Gasteiger partial charge in [-0.05, 0) is 35.1 Å². The molecule has 0 radical (unpaired) electrons. The lowest BCUT2D eigenvalue weighted by Crippen LogP contribution is -2.35. The third kappa shape index (κ3) is 4.49. The number of carboxylic acid groups (broad SMARTS) is 1. The van der Waals surface area contributed by atoms with E-state index in [4.69, 9.17) is 15.6 Å². The molecule has 0 saturated heterocycles. The summed E-state index contributed by atoms with van der Waals surface area (Å²) < 4.78 is 5.37. The normalized spacial score (nSPS) is 14.6. The first-order chi connectivity index (χ1) is 13.5. The van der Waals surface area contributed by atoms with Crippen LogP contribution in [-0.2, 0) is 9.53 Å². The number of amides is 1. The molecule has 3 rings (SSSR count). The quantitative estimate of drug-likeness (QED) is 0.553. The van der Waals surface area contributed by atoms with Crippen LogP contribution in [0.5, 0.6) is 0 Å². The minimum Gasteiger partial charge on any atom is -0.480 e. The fourth-order valence-electron chi connectivity index (χ4n) is 3.45. The van der Waals surface area contributed by atoms with Crippen molar-refractivity contribution in [3.8, 4) is 11.1 Å². The highest BCUT2D eigenvalue weighted by Crippen LogP contribution is 2.44. The van der Waals surface area contributed by atoms with Crippen molar-refractivity contribution in [3.63, 3.8) is 0 Å². The number of fused-ring (bicyclic) bond motifs is 3. The van der Waals surface area contributed by atoms with Crippen LogP contribution in [0.25, 0.3) is 11.1 Å². The van der Waals surface area contributed by atoms with Crippen molar-refractivity contribution < 1.29 is 24.5 Å². The van der Waals surface area contributed by atoms with Gasteiger partial charge in [-0.15, -0.1) is 0 Å². The lowest BCUT2D eigenvalue weighted by atomic mass is 9.98. The lowest BCUT2D eigenvalue weighted by Gasteiger charge is -2.16. The molecule has 0 aromatic heterocycles. The molecule has 5 N–H and O–H groups in total. The molecule has 1 amide bonds. The van der Waals surface area contributed by atoms with Gasteiger partial charge in [0.25, 0.3) is 0 Å². The molecular weight excluding hydrogens is 360 g/mol. The Bertz CT molecular complexity index is 809. The smallest absolute Gasteiger partial charge is 0.407 e. The SMILES string of the molecule is N[C@@H](CC[C@@H](O)CNC(=O)OCC1c2ccccc2-c2ccccc21)C(=O)O. The van der Waals surface area contributed by atoms with Crippen molar-refractivity contribution in [3.05, 3.63) is 59.7 Å². The van der Waals surface area contributed by atoms with E-state index in [1.54, 1.807) is 0 Å². The van der Waals surface area contributed by atoms with Gasteiger partial charge >= 0.3 is 12.1 Å². The average Bonchev–Trinajstić information content (AvgIpc) is 3.02. The van der Waals surface area contributed by atoms with Crippen LogP contribution in [0.4, 0.5) is 4.79 Å². The number of carbonyl (C=O) groups excluding carboxylic acids is 1. The second-order valence-electron chi connectivity index (χ2n) is 6.88. The van der Waals surface area contributed by atoms with Crippen LogP contribution in [-0.4, -0.2) is 47.6 Å². The molecule has 0 unspecified atom stereocenters. The number of benzene rings is 2. The van der Waals surface area contributed by atoms with Crippen LogP contribution in [0.1, 0.15) is 29.9 Å². The summed E-state index contributed by atoms with van der Waals surface area (Å²) in [5.74, 6) is -1.15. The monoisotopic (exact) mass is 384 g/mol. The first-order valence-corrected chi connectivity index (χ1v) is 9.22. The fourth-order valence-corrected chi connectivity index (χ4v) is 3.45. The van der Waals surface area contributed by atoms with E-state index >= 15 is 0 Å².